The first kappa shape index (κ1) is 16.9. The summed E-state index contributed by atoms with van der Waals surface area (Å²) in [5.41, 5.74) is 2.31. The molecular weight excluding hydrogens is 316 g/mol. The van der Waals surface area contributed by atoms with Gasteiger partial charge in [0.2, 0.25) is 0 Å². The van der Waals surface area contributed by atoms with Gasteiger partial charge in [0.15, 0.2) is 6.61 Å². The van der Waals surface area contributed by atoms with Crippen molar-refractivity contribution in [1.29, 1.82) is 0 Å². The maximum absolute atomic E-state index is 11.9. The molecule has 0 aliphatic carbocycles. The molecule has 25 heavy (non-hydrogen) atoms. The predicted octanol–water partition coefficient (Wildman–Crippen LogP) is 3.30. The van der Waals surface area contributed by atoms with Crippen LogP contribution in [0, 0.1) is 0 Å². The van der Waals surface area contributed by atoms with Crippen LogP contribution in [-0.2, 0) is 11.2 Å². The maximum Gasteiger partial charge on any atom is 0.257 e. The minimum Gasteiger partial charge on any atom is -0.494 e. The van der Waals surface area contributed by atoms with Crippen molar-refractivity contribution in [2.24, 2.45) is 0 Å². The number of aromatic amines is 1. The third kappa shape index (κ3) is 4.53. The summed E-state index contributed by atoms with van der Waals surface area (Å²) in [5.74, 6) is 1.31. The Morgan fingerprint density at radius 3 is 2.52 bits per heavy atom. The van der Waals surface area contributed by atoms with Crippen molar-refractivity contribution in [2.45, 2.75) is 13.3 Å². The lowest BCUT2D eigenvalue weighted by molar-refractivity contribution is -0.123. The summed E-state index contributed by atoms with van der Waals surface area (Å²) in [7, 11) is 0. The zero-order chi connectivity index (χ0) is 17.5. The van der Waals surface area contributed by atoms with E-state index in [4.69, 9.17) is 9.47 Å². The zero-order valence-corrected chi connectivity index (χ0v) is 14.2. The highest BCUT2D eigenvalue weighted by molar-refractivity contribution is 5.83. The molecule has 0 radical (unpaired) electrons. The van der Waals surface area contributed by atoms with Gasteiger partial charge in [0.05, 0.1) is 6.61 Å². The number of H-pyrrole nitrogens is 1. The van der Waals surface area contributed by atoms with Crippen LogP contribution in [-0.4, -0.2) is 30.6 Å². The molecule has 130 valence electrons. The minimum absolute atomic E-state index is 0.00185. The molecule has 0 aliphatic heterocycles. The monoisotopic (exact) mass is 338 g/mol. The molecule has 2 N–H and O–H groups in total. The Labute approximate surface area is 147 Å². The molecule has 5 nitrogen and oxygen atoms in total. The highest BCUT2D eigenvalue weighted by Crippen LogP contribution is 2.18. The van der Waals surface area contributed by atoms with E-state index in [1.54, 1.807) is 12.1 Å². The molecule has 3 rings (SSSR count). The molecule has 0 aliphatic rings. The van der Waals surface area contributed by atoms with Crippen LogP contribution in [0.15, 0.2) is 54.7 Å². The molecule has 2 aromatic carbocycles. The average molecular weight is 338 g/mol. The fourth-order valence-electron chi connectivity index (χ4n) is 2.67. The lowest BCUT2D eigenvalue weighted by Gasteiger charge is -2.08. The third-order valence-corrected chi connectivity index (χ3v) is 3.90. The summed E-state index contributed by atoms with van der Waals surface area (Å²) in [6.45, 7) is 3.14. The second-order valence-corrected chi connectivity index (χ2v) is 5.65. The number of benzene rings is 2. The average Bonchev–Trinajstić information content (AvgIpc) is 3.05. The van der Waals surface area contributed by atoms with Gasteiger partial charge < -0.3 is 19.8 Å². The van der Waals surface area contributed by atoms with Crippen LogP contribution < -0.4 is 14.8 Å². The summed E-state index contributed by atoms with van der Waals surface area (Å²) in [6.07, 6.45) is 2.77. The number of ether oxygens (including phenoxy) is 2. The Kier molecular flexibility index (Phi) is 5.57. The number of carbonyl (C=O) groups is 1. The smallest absolute Gasteiger partial charge is 0.257 e. The molecule has 5 heteroatoms. The van der Waals surface area contributed by atoms with E-state index in [0.717, 1.165) is 17.7 Å². The first-order chi connectivity index (χ1) is 12.3. The second-order valence-electron chi connectivity index (χ2n) is 5.65. The van der Waals surface area contributed by atoms with Crippen LogP contribution in [0.25, 0.3) is 10.9 Å². The molecule has 1 heterocycles. The van der Waals surface area contributed by atoms with Gasteiger partial charge in [-0.3, -0.25) is 4.79 Å². The molecule has 0 saturated heterocycles. The van der Waals surface area contributed by atoms with Gasteiger partial charge in [-0.25, -0.2) is 0 Å². The lowest BCUT2D eigenvalue weighted by atomic mass is 10.1. The normalized spacial score (nSPS) is 10.6. The molecular formula is C20H22N2O3. The van der Waals surface area contributed by atoms with Gasteiger partial charge >= 0.3 is 0 Å². The van der Waals surface area contributed by atoms with E-state index in [1.807, 2.05) is 43.5 Å². The van der Waals surface area contributed by atoms with Gasteiger partial charge in [0.1, 0.15) is 11.5 Å². The van der Waals surface area contributed by atoms with Gasteiger partial charge in [0.25, 0.3) is 5.91 Å². The topological polar surface area (TPSA) is 63.4 Å². The number of rotatable bonds is 8. The van der Waals surface area contributed by atoms with Crippen molar-refractivity contribution in [3.05, 3.63) is 60.3 Å². The Morgan fingerprint density at radius 2 is 1.76 bits per heavy atom. The van der Waals surface area contributed by atoms with Gasteiger partial charge in [0, 0.05) is 23.6 Å². The lowest BCUT2D eigenvalue weighted by Crippen LogP contribution is -2.30. The fraction of sp³-hybridized carbons (Fsp3) is 0.250. The van der Waals surface area contributed by atoms with Crippen molar-refractivity contribution in [1.82, 2.24) is 10.3 Å². The summed E-state index contributed by atoms with van der Waals surface area (Å²) < 4.78 is 10.9. The van der Waals surface area contributed by atoms with Crippen LogP contribution in [0.5, 0.6) is 11.5 Å². The molecule has 1 aromatic heterocycles. The minimum atomic E-state index is -0.131. The van der Waals surface area contributed by atoms with E-state index in [2.05, 4.69) is 16.4 Å². The number of amides is 1. The van der Waals surface area contributed by atoms with E-state index < -0.39 is 0 Å². The van der Waals surface area contributed by atoms with Gasteiger partial charge in [-0.15, -0.1) is 0 Å². The van der Waals surface area contributed by atoms with Crippen LogP contribution in [0.1, 0.15) is 12.5 Å². The van der Waals surface area contributed by atoms with Crippen LogP contribution in [0.4, 0.5) is 0 Å². The van der Waals surface area contributed by atoms with E-state index in [1.165, 1.54) is 10.9 Å². The summed E-state index contributed by atoms with van der Waals surface area (Å²) in [6, 6.07) is 15.4. The highest BCUT2D eigenvalue weighted by Gasteiger charge is 2.05. The molecule has 0 atom stereocenters. The maximum atomic E-state index is 11.9. The zero-order valence-electron chi connectivity index (χ0n) is 14.2. The van der Waals surface area contributed by atoms with Crippen molar-refractivity contribution in [3.8, 4) is 11.5 Å². The molecule has 0 fully saturated rings. The van der Waals surface area contributed by atoms with Crippen LogP contribution in [0.3, 0.4) is 0 Å². The number of hydrogen-bond acceptors (Lipinski definition) is 3. The number of carbonyl (C=O) groups excluding carboxylic acids is 1. The predicted molar refractivity (Wildman–Crippen MR) is 98.1 cm³/mol. The number of hydrogen-bond donors (Lipinski definition) is 2. The van der Waals surface area contributed by atoms with Crippen LogP contribution >= 0.6 is 0 Å². The Balaban J connectivity index is 1.42. The highest BCUT2D eigenvalue weighted by atomic mass is 16.5. The number of aromatic nitrogens is 1. The largest absolute Gasteiger partial charge is 0.494 e. The van der Waals surface area contributed by atoms with E-state index in [0.29, 0.717) is 18.9 Å². The van der Waals surface area contributed by atoms with Crippen LogP contribution in [0.2, 0.25) is 0 Å². The SMILES string of the molecule is CCOc1ccc(OCC(=O)NCCc2c[nH]c3ccccc23)cc1. The quantitative estimate of drug-likeness (QED) is 0.662. The van der Waals surface area contributed by atoms with Gasteiger partial charge in [-0.1, -0.05) is 18.2 Å². The fourth-order valence-corrected chi connectivity index (χ4v) is 2.67. The number of fused-ring (bicyclic) bond motifs is 1. The second kappa shape index (κ2) is 8.24. The van der Waals surface area contributed by atoms with E-state index in [9.17, 15) is 4.79 Å². The van der Waals surface area contributed by atoms with Crippen molar-refractivity contribution in [3.63, 3.8) is 0 Å². The summed E-state index contributed by atoms with van der Waals surface area (Å²) in [5, 5.41) is 4.08. The van der Waals surface area contributed by atoms with Crippen molar-refractivity contribution < 1.29 is 14.3 Å². The van der Waals surface area contributed by atoms with Gasteiger partial charge in [-0.05, 0) is 49.2 Å². The molecule has 0 bridgehead atoms. The van der Waals surface area contributed by atoms with E-state index >= 15 is 0 Å². The number of para-hydroxylation sites is 1. The van der Waals surface area contributed by atoms with Crippen molar-refractivity contribution >= 4 is 16.8 Å². The Bertz CT molecular complexity index is 824. The Hall–Kier alpha value is -2.95. The van der Waals surface area contributed by atoms with E-state index in [-0.39, 0.29) is 12.5 Å². The number of nitrogens with one attached hydrogen (secondary N) is 2. The molecule has 0 saturated carbocycles. The molecule has 1 amide bonds. The standard InChI is InChI=1S/C20H22N2O3/c1-2-24-16-7-9-17(10-8-16)25-14-20(23)21-12-11-15-13-22-19-6-4-3-5-18(15)19/h3-10,13,22H,2,11-12,14H2,1H3,(H,21,23). The first-order valence-corrected chi connectivity index (χ1v) is 8.43. The third-order valence-electron chi connectivity index (χ3n) is 3.90. The van der Waals surface area contributed by atoms with Crippen molar-refractivity contribution in [2.75, 3.05) is 19.8 Å². The Morgan fingerprint density at radius 1 is 1.04 bits per heavy atom. The molecule has 0 spiro atoms. The summed E-state index contributed by atoms with van der Waals surface area (Å²) in [4.78, 5) is 15.1. The molecule has 3 aromatic rings. The molecule has 0 unspecified atom stereocenters. The van der Waals surface area contributed by atoms with Gasteiger partial charge in [-0.2, -0.15) is 0 Å². The summed E-state index contributed by atoms with van der Waals surface area (Å²) >= 11 is 0. The first-order valence-electron chi connectivity index (χ1n) is 8.43.